The summed E-state index contributed by atoms with van der Waals surface area (Å²) in [6.07, 6.45) is 4.80. The molecule has 11 heteroatoms. The molecule has 3 heterocycles. The van der Waals surface area contributed by atoms with Gasteiger partial charge in [-0.05, 0) is 32.0 Å². The number of anilines is 4. The molecule has 0 fully saturated rings. The molecule has 37 heavy (non-hydrogen) atoms. The molecular weight excluding hydrogens is 477 g/mol. The lowest BCUT2D eigenvalue weighted by molar-refractivity contribution is 0.0782. The zero-order chi connectivity index (χ0) is 29.1. The fourth-order valence-electron chi connectivity index (χ4n) is 3.46. The fourth-order valence-corrected chi connectivity index (χ4v) is 3.46. The summed E-state index contributed by atoms with van der Waals surface area (Å²) < 4.78 is 41.2. The highest BCUT2D eigenvalue weighted by atomic mass is 19.1. The molecule has 4 rings (SSSR count). The maximum atomic E-state index is 13.4. The van der Waals surface area contributed by atoms with E-state index in [1.807, 2.05) is 5.32 Å². The van der Waals surface area contributed by atoms with Gasteiger partial charge in [-0.3, -0.25) is 4.79 Å². The number of carbonyl (C=O) groups is 1. The van der Waals surface area contributed by atoms with Crippen molar-refractivity contribution >= 4 is 28.9 Å². The number of amides is 1. The molecule has 3 aromatic heterocycles. The summed E-state index contributed by atoms with van der Waals surface area (Å²) in [4.78, 5) is 29.4. The maximum Gasteiger partial charge on any atom is 0.254 e. The van der Waals surface area contributed by atoms with E-state index in [0.29, 0.717) is 28.4 Å². The molecule has 1 aromatic carbocycles. The smallest absolute Gasteiger partial charge is 0.254 e. The largest absolute Gasteiger partial charge is 0.494 e. The van der Waals surface area contributed by atoms with Gasteiger partial charge in [0.2, 0.25) is 0 Å². The highest BCUT2D eigenvalue weighted by Gasteiger charge is 2.19. The minimum atomic E-state index is -2.73. The number of benzene rings is 1. The van der Waals surface area contributed by atoms with E-state index < -0.39 is 24.3 Å². The second kappa shape index (κ2) is 10.5. The summed E-state index contributed by atoms with van der Waals surface area (Å²) in [5.74, 6) is -0.270. The van der Waals surface area contributed by atoms with E-state index in [4.69, 9.17) is 8.85 Å². The molecule has 4 N–H and O–H groups in total. The van der Waals surface area contributed by atoms with E-state index >= 15 is 0 Å². The van der Waals surface area contributed by atoms with Gasteiger partial charge in [0.15, 0.2) is 17.4 Å². The molecule has 10 nitrogen and oxygen atoms in total. The number of nitrogens with one attached hydrogen (secondary N) is 3. The van der Waals surface area contributed by atoms with E-state index in [1.54, 1.807) is 44.2 Å². The fraction of sp³-hybridized carbons (Fsp3) is 0.192. The van der Waals surface area contributed by atoms with Gasteiger partial charge < -0.3 is 25.8 Å². The third-order valence-corrected chi connectivity index (χ3v) is 5.34. The molecule has 0 radical (unpaired) electrons. The molecule has 4 aromatic rings. The van der Waals surface area contributed by atoms with Crippen LogP contribution in [-0.4, -0.2) is 45.0 Å². The van der Waals surface area contributed by atoms with Crippen LogP contribution in [0.2, 0.25) is 0 Å². The number of ether oxygens (including phenoxy) is 1. The Balaban J connectivity index is 1.72. The molecule has 0 aliphatic rings. The number of methoxy groups -OCH3 is 1. The van der Waals surface area contributed by atoms with Crippen molar-refractivity contribution < 1.29 is 23.1 Å². The monoisotopic (exact) mass is 506 g/mol. The maximum absolute atomic E-state index is 13.4. The van der Waals surface area contributed by atoms with Gasteiger partial charge in [-0.2, -0.15) is 0 Å². The summed E-state index contributed by atoms with van der Waals surface area (Å²) in [5.41, 5.74) is 0.526. The van der Waals surface area contributed by atoms with Crippen molar-refractivity contribution in [2.45, 2.75) is 19.4 Å². The molecule has 1 amide bonds. The van der Waals surface area contributed by atoms with Gasteiger partial charge in [0.25, 0.3) is 5.91 Å². The van der Waals surface area contributed by atoms with Crippen LogP contribution in [0, 0.1) is 5.82 Å². The average molecular weight is 507 g/mol. The quantitative estimate of drug-likeness (QED) is 0.278. The van der Waals surface area contributed by atoms with E-state index in [2.05, 4.69) is 30.6 Å². The van der Waals surface area contributed by atoms with Crippen molar-refractivity contribution in [3.8, 4) is 17.1 Å². The second-order valence-electron chi connectivity index (χ2n) is 8.42. The van der Waals surface area contributed by atoms with Crippen molar-refractivity contribution in [1.29, 1.82) is 0 Å². The number of halogens is 1. The SMILES string of the molecule is [2H]C([2H])([2H])NC(=O)c1cnc(Nc2ccc(C(C)(C)O)cn2)cc1Nc1cccc(-c2ncc(F)cn2)c1OC. The minimum Gasteiger partial charge on any atom is -0.494 e. The van der Waals surface area contributed by atoms with Crippen LogP contribution < -0.4 is 20.7 Å². The molecule has 0 aliphatic carbocycles. The van der Waals surface area contributed by atoms with Gasteiger partial charge in [-0.15, -0.1) is 0 Å². The molecule has 0 saturated heterocycles. The van der Waals surface area contributed by atoms with E-state index in [-0.39, 0.29) is 22.9 Å². The first-order chi connectivity index (χ1) is 18.8. The van der Waals surface area contributed by atoms with Crippen molar-refractivity contribution in [3.63, 3.8) is 0 Å². The molecule has 0 unspecified atom stereocenters. The van der Waals surface area contributed by atoms with Crippen LogP contribution in [0.4, 0.5) is 27.4 Å². The van der Waals surface area contributed by atoms with E-state index in [1.165, 1.54) is 25.6 Å². The molecule has 190 valence electrons. The van der Waals surface area contributed by atoms with Crippen LogP contribution >= 0.6 is 0 Å². The van der Waals surface area contributed by atoms with Crippen LogP contribution in [0.3, 0.4) is 0 Å². The summed E-state index contributed by atoms with van der Waals surface area (Å²) >= 11 is 0. The zero-order valence-corrected chi connectivity index (χ0v) is 20.2. The Morgan fingerprint density at radius 1 is 1.00 bits per heavy atom. The molecule has 0 aliphatic heterocycles. The van der Waals surface area contributed by atoms with Gasteiger partial charge in [-0.1, -0.05) is 12.1 Å². The standard InChI is InChI=1S/C26H26FN7O3/c1-26(2,36)15-8-9-21(29-11-15)34-22-10-20(18(14-30-22)25(35)28-3)33-19-7-5-6-17(23(19)37-4)24-31-12-16(27)13-32-24/h5-14,36H,1-4H3,(H,28,35)(H2,29,30,33,34)/i3D3. The Hall–Kier alpha value is -4.64. The van der Waals surface area contributed by atoms with Gasteiger partial charge in [0, 0.05) is 35.1 Å². The lowest BCUT2D eigenvalue weighted by atomic mass is 10.0. The lowest BCUT2D eigenvalue weighted by Gasteiger charge is -2.18. The number of hydrogen-bond donors (Lipinski definition) is 4. The summed E-state index contributed by atoms with van der Waals surface area (Å²) in [5, 5.41) is 18.2. The molecule has 0 saturated carbocycles. The third kappa shape index (κ3) is 5.78. The number of hydrogen-bond acceptors (Lipinski definition) is 9. The summed E-state index contributed by atoms with van der Waals surface area (Å²) in [7, 11) is 1.43. The van der Waals surface area contributed by atoms with Crippen LogP contribution in [0.25, 0.3) is 11.4 Å². The number of pyridine rings is 2. The first-order valence-corrected chi connectivity index (χ1v) is 11.0. The van der Waals surface area contributed by atoms with Gasteiger partial charge in [0.1, 0.15) is 11.6 Å². The molecular formula is C26H26FN7O3. The Morgan fingerprint density at radius 3 is 2.41 bits per heavy atom. The van der Waals surface area contributed by atoms with Gasteiger partial charge in [-0.25, -0.2) is 24.3 Å². The van der Waals surface area contributed by atoms with E-state index in [0.717, 1.165) is 12.4 Å². The third-order valence-electron chi connectivity index (χ3n) is 5.34. The summed E-state index contributed by atoms with van der Waals surface area (Å²) in [6, 6.07) is 9.90. The Labute approximate surface area is 217 Å². The van der Waals surface area contributed by atoms with Crippen LogP contribution in [0.5, 0.6) is 5.75 Å². The first-order valence-electron chi connectivity index (χ1n) is 12.5. The van der Waals surface area contributed by atoms with Crippen molar-refractivity contribution in [2.24, 2.45) is 0 Å². The highest BCUT2D eigenvalue weighted by molar-refractivity contribution is 6.00. The number of rotatable bonds is 8. The highest BCUT2D eigenvalue weighted by Crippen LogP contribution is 2.37. The Bertz CT molecular complexity index is 1510. The molecule has 0 bridgehead atoms. The lowest BCUT2D eigenvalue weighted by Crippen LogP contribution is -2.19. The number of para-hydroxylation sites is 1. The Kier molecular flexibility index (Phi) is 6.16. The number of aromatic nitrogens is 4. The number of carbonyl (C=O) groups excluding carboxylic acids is 1. The summed E-state index contributed by atoms with van der Waals surface area (Å²) in [6.45, 7) is 0.561. The normalized spacial score (nSPS) is 12.6. The predicted octanol–water partition coefficient (Wildman–Crippen LogP) is 4.16. The number of nitrogens with zero attached hydrogens (tertiary/aromatic N) is 4. The zero-order valence-electron chi connectivity index (χ0n) is 23.2. The average Bonchev–Trinajstić information content (AvgIpc) is 2.88. The number of aliphatic hydroxyl groups is 1. The second-order valence-corrected chi connectivity index (χ2v) is 8.42. The topological polar surface area (TPSA) is 134 Å². The van der Waals surface area contributed by atoms with Gasteiger partial charge in [0.05, 0.1) is 47.6 Å². The Morgan fingerprint density at radius 2 is 1.76 bits per heavy atom. The predicted molar refractivity (Wildman–Crippen MR) is 138 cm³/mol. The molecule has 0 atom stereocenters. The van der Waals surface area contributed by atoms with Crippen molar-refractivity contribution in [2.75, 3.05) is 24.7 Å². The van der Waals surface area contributed by atoms with Crippen LogP contribution in [-0.2, 0) is 5.60 Å². The van der Waals surface area contributed by atoms with Crippen LogP contribution in [0.1, 0.15) is 33.9 Å². The molecule has 0 spiro atoms. The van der Waals surface area contributed by atoms with E-state index in [9.17, 15) is 14.3 Å². The first kappa shape index (κ1) is 21.6. The van der Waals surface area contributed by atoms with Crippen molar-refractivity contribution in [1.82, 2.24) is 25.3 Å². The van der Waals surface area contributed by atoms with Crippen molar-refractivity contribution in [3.05, 3.63) is 78.1 Å². The van der Waals surface area contributed by atoms with Gasteiger partial charge >= 0.3 is 0 Å². The minimum absolute atomic E-state index is 0.0579. The van der Waals surface area contributed by atoms with Crippen LogP contribution in [0.15, 0.2) is 61.2 Å².